The van der Waals surface area contributed by atoms with E-state index < -0.39 is 0 Å². The Hall–Kier alpha value is -1.53. The van der Waals surface area contributed by atoms with Crippen LogP contribution in [0.5, 0.6) is 0 Å². The molecule has 0 bridgehead atoms. The first-order chi connectivity index (χ1) is 8.15. The van der Waals surface area contributed by atoms with E-state index in [4.69, 9.17) is 9.84 Å². The minimum absolute atomic E-state index is 0.0134. The summed E-state index contributed by atoms with van der Waals surface area (Å²) in [6.07, 6.45) is 0. The van der Waals surface area contributed by atoms with Gasteiger partial charge in [0.25, 0.3) is 5.91 Å². The van der Waals surface area contributed by atoms with Crippen molar-refractivity contribution in [1.29, 1.82) is 0 Å². The number of aromatic nitrogens is 2. The van der Waals surface area contributed by atoms with Gasteiger partial charge in [0.15, 0.2) is 0 Å². The van der Waals surface area contributed by atoms with Crippen molar-refractivity contribution in [3.05, 3.63) is 23.0 Å². The molecule has 1 aromatic rings. The number of nitrogens with zero attached hydrogens (tertiary/aromatic N) is 2. The van der Waals surface area contributed by atoms with Crippen LogP contribution in [0.25, 0.3) is 0 Å². The molecule has 0 aliphatic rings. The summed E-state index contributed by atoms with van der Waals surface area (Å²) in [4.78, 5) is 11.8. The van der Waals surface area contributed by atoms with Gasteiger partial charge >= 0.3 is 0 Å². The summed E-state index contributed by atoms with van der Waals surface area (Å²) in [7, 11) is 0. The van der Waals surface area contributed by atoms with Gasteiger partial charge in [-0.2, -0.15) is 10.2 Å². The van der Waals surface area contributed by atoms with Crippen LogP contribution < -0.4 is 5.32 Å². The van der Waals surface area contributed by atoms with Crippen molar-refractivity contribution in [1.82, 2.24) is 15.5 Å². The lowest BCUT2D eigenvalue weighted by atomic mass is 10.2. The molecule has 0 spiro atoms. The number of hydrogen-bond donors (Lipinski definition) is 2. The third-order valence-corrected chi connectivity index (χ3v) is 2.11. The van der Waals surface area contributed by atoms with E-state index in [1.54, 1.807) is 19.9 Å². The van der Waals surface area contributed by atoms with Gasteiger partial charge in [-0.25, -0.2) is 0 Å². The van der Waals surface area contributed by atoms with Crippen LogP contribution in [-0.4, -0.2) is 47.6 Å². The summed E-state index contributed by atoms with van der Waals surface area (Å²) in [6.45, 7) is 4.57. The van der Waals surface area contributed by atoms with E-state index in [1.807, 2.05) is 0 Å². The van der Waals surface area contributed by atoms with Gasteiger partial charge in [0.05, 0.1) is 36.8 Å². The molecule has 0 atom stereocenters. The molecule has 0 unspecified atom stereocenters. The fraction of sp³-hybridized carbons (Fsp3) is 0.545. The van der Waals surface area contributed by atoms with E-state index >= 15 is 0 Å². The fourth-order valence-electron chi connectivity index (χ4n) is 1.28. The lowest BCUT2D eigenvalue weighted by Gasteiger charge is -2.07. The topological polar surface area (TPSA) is 84.3 Å². The number of aliphatic hydroxyl groups excluding tert-OH is 1. The maximum atomic E-state index is 11.8. The monoisotopic (exact) mass is 239 g/mol. The third kappa shape index (κ3) is 4.46. The lowest BCUT2D eigenvalue weighted by Crippen LogP contribution is -2.28. The van der Waals surface area contributed by atoms with Crippen LogP contribution in [0.2, 0.25) is 0 Å². The quantitative estimate of drug-likeness (QED) is 0.673. The normalized spacial score (nSPS) is 10.3. The zero-order valence-electron chi connectivity index (χ0n) is 10.1. The second-order valence-corrected chi connectivity index (χ2v) is 3.58. The molecule has 0 saturated carbocycles. The Balaban J connectivity index is 2.44. The molecule has 17 heavy (non-hydrogen) atoms. The number of carbonyl (C=O) groups is 1. The van der Waals surface area contributed by atoms with E-state index in [2.05, 4.69) is 15.5 Å². The van der Waals surface area contributed by atoms with Crippen LogP contribution in [0, 0.1) is 13.8 Å². The van der Waals surface area contributed by atoms with Crippen LogP contribution >= 0.6 is 0 Å². The molecular weight excluding hydrogens is 222 g/mol. The summed E-state index contributed by atoms with van der Waals surface area (Å²) in [5, 5.41) is 18.9. The highest BCUT2D eigenvalue weighted by Gasteiger charge is 2.10. The molecule has 94 valence electrons. The maximum absolute atomic E-state index is 11.8. The predicted molar refractivity (Wildman–Crippen MR) is 61.7 cm³/mol. The summed E-state index contributed by atoms with van der Waals surface area (Å²) in [5.41, 5.74) is 1.83. The number of nitrogens with one attached hydrogen (secondary N) is 1. The van der Waals surface area contributed by atoms with Crippen LogP contribution in [0.3, 0.4) is 0 Å². The molecule has 0 fully saturated rings. The molecule has 0 radical (unpaired) electrons. The van der Waals surface area contributed by atoms with Crippen LogP contribution in [0.4, 0.5) is 0 Å². The van der Waals surface area contributed by atoms with Gasteiger partial charge in [-0.3, -0.25) is 4.79 Å². The second-order valence-electron chi connectivity index (χ2n) is 3.58. The minimum atomic E-state index is -0.187. The smallest absolute Gasteiger partial charge is 0.253 e. The molecule has 0 aromatic carbocycles. The molecule has 2 N–H and O–H groups in total. The van der Waals surface area contributed by atoms with Crippen molar-refractivity contribution in [2.75, 3.05) is 26.4 Å². The Morgan fingerprint density at radius 1 is 1.41 bits per heavy atom. The van der Waals surface area contributed by atoms with Crippen molar-refractivity contribution in [3.8, 4) is 0 Å². The zero-order chi connectivity index (χ0) is 12.7. The standard InChI is InChI=1S/C11H17N3O3/c1-8-7-10(9(2)14-13-8)11(16)12-3-5-17-6-4-15/h7,15H,3-6H2,1-2H3,(H,12,16). The highest BCUT2D eigenvalue weighted by molar-refractivity contribution is 5.95. The van der Waals surface area contributed by atoms with Crippen molar-refractivity contribution in [3.63, 3.8) is 0 Å². The molecule has 0 saturated heterocycles. The van der Waals surface area contributed by atoms with E-state index in [0.29, 0.717) is 30.1 Å². The molecule has 0 aliphatic carbocycles. The number of amides is 1. The van der Waals surface area contributed by atoms with Crippen molar-refractivity contribution >= 4 is 5.91 Å². The average molecular weight is 239 g/mol. The van der Waals surface area contributed by atoms with Crippen molar-refractivity contribution in [2.24, 2.45) is 0 Å². The Morgan fingerprint density at radius 2 is 2.18 bits per heavy atom. The summed E-state index contributed by atoms with van der Waals surface area (Å²) >= 11 is 0. The Kier molecular flexibility index (Phi) is 5.51. The third-order valence-electron chi connectivity index (χ3n) is 2.11. The number of rotatable bonds is 6. The molecule has 6 heteroatoms. The van der Waals surface area contributed by atoms with E-state index in [-0.39, 0.29) is 19.1 Å². The van der Waals surface area contributed by atoms with Crippen molar-refractivity contribution < 1.29 is 14.6 Å². The van der Waals surface area contributed by atoms with Gasteiger partial charge in [-0.1, -0.05) is 0 Å². The molecule has 1 heterocycles. The number of aliphatic hydroxyl groups is 1. The second kappa shape index (κ2) is 6.93. The first-order valence-corrected chi connectivity index (χ1v) is 5.43. The minimum Gasteiger partial charge on any atom is -0.394 e. The Labute approximate surface area is 100 Å². The number of aryl methyl sites for hydroxylation is 2. The first-order valence-electron chi connectivity index (χ1n) is 5.43. The number of hydrogen-bond acceptors (Lipinski definition) is 5. The van der Waals surface area contributed by atoms with Crippen molar-refractivity contribution in [2.45, 2.75) is 13.8 Å². The molecule has 1 rings (SSSR count). The number of ether oxygens (including phenoxy) is 1. The Morgan fingerprint density at radius 3 is 2.88 bits per heavy atom. The molecule has 1 aromatic heterocycles. The van der Waals surface area contributed by atoms with Gasteiger partial charge in [-0.15, -0.1) is 0 Å². The van der Waals surface area contributed by atoms with Crippen LogP contribution in [-0.2, 0) is 4.74 Å². The average Bonchev–Trinajstić information content (AvgIpc) is 2.32. The lowest BCUT2D eigenvalue weighted by molar-refractivity contribution is 0.0837. The highest BCUT2D eigenvalue weighted by Crippen LogP contribution is 2.04. The van der Waals surface area contributed by atoms with E-state index in [0.717, 1.165) is 0 Å². The fourth-order valence-corrected chi connectivity index (χ4v) is 1.28. The molecule has 6 nitrogen and oxygen atoms in total. The number of carbonyl (C=O) groups excluding carboxylic acids is 1. The van der Waals surface area contributed by atoms with Gasteiger partial charge < -0.3 is 15.2 Å². The first kappa shape index (κ1) is 13.5. The summed E-state index contributed by atoms with van der Waals surface area (Å²) < 4.78 is 5.03. The van der Waals surface area contributed by atoms with Crippen LogP contribution in [0.1, 0.15) is 21.7 Å². The highest BCUT2D eigenvalue weighted by atomic mass is 16.5. The van der Waals surface area contributed by atoms with Gasteiger partial charge in [0.1, 0.15) is 0 Å². The SMILES string of the molecule is Cc1cc(C(=O)NCCOCCO)c(C)nn1. The largest absolute Gasteiger partial charge is 0.394 e. The predicted octanol–water partition coefficient (Wildman–Crippen LogP) is -0.168. The van der Waals surface area contributed by atoms with Gasteiger partial charge in [0, 0.05) is 6.54 Å². The summed E-state index contributed by atoms with van der Waals surface area (Å²) in [6, 6.07) is 1.70. The van der Waals surface area contributed by atoms with Gasteiger partial charge in [-0.05, 0) is 19.9 Å². The molecule has 0 aliphatic heterocycles. The van der Waals surface area contributed by atoms with E-state index in [1.165, 1.54) is 0 Å². The van der Waals surface area contributed by atoms with Crippen LogP contribution in [0.15, 0.2) is 6.07 Å². The molecular formula is C11H17N3O3. The Bertz CT molecular complexity index is 382. The van der Waals surface area contributed by atoms with Gasteiger partial charge in [0.2, 0.25) is 0 Å². The van der Waals surface area contributed by atoms with E-state index in [9.17, 15) is 4.79 Å². The maximum Gasteiger partial charge on any atom is 0.253 e. The zero-order valence-corrected chi connectivity index (χ0v) is 10.1. The molecule has 1 amide bonds. The summed E-state index contributed by atoms with van der Waals surface area (Å²) in [5.74, 6) is -0.187.